The number of fused-ring (bicyclic) bond motifs is 2. The summed E-state index contributed by atoms with van der Waals surface area (Å²) in [6.45, 7) is 9.94. The Morgan fingerprint density at radius 1 is 1.17 bits per heavy atom. The van der Waals surface area contributed by atoms with Crippen molar-refractivity contribution in [1.82, 2.24) is 0 Å². The first-order valence-corrected chi connectivity index (χ1v) is 16.2. The first-order valence-electron chi connectivity index (χ1n) is 16.2. The Morgan fingerprint density at radius 2 is 1.94 bits per heavy atom. The lowest BCUT2D eigenvalue weighted by molar-refractivity contribution is -0.421. The van der Waals surface area contributed by atoms with Crippen LogP contribution in [0.2, 0.25) is 0 Å². The van der Waals surface area contributed by atoms with Gasteiger partial charge in [0.25, 0.3) is 5.97 Å². The maximum atomic E-state index is 13.8. The molecule has 1 saturated carbocycles. The lowest BCUT2D eigenvalue weighted by Gasteiger charge is -2.59. The highest BCUT2D eigenvalue weighted by Gasteiger charge is 2.79. The van der Waals surface area contributed by atoms with Crippen molar-refractivity contribution in [1.29, 1.82) is 0 Å². The minimum atomic E-state index is -1.82. The van der Waals surface area contributed by atoms with Crippen molar-refractivity contribution < 1.29 is 38.4 Å². The molecule has 7 rings (SSSR count). The van der Waals surface area contributed by atoms with E-state index in [-0.39, 0.29) is 36.8 Å². The highest BCUT2D eigenvalue weighted by Crippen LogP contribution is 2.68. The van der Waals surface area contributed by atoms with Crippen LogP contribution in [0.3, 0.4) is 0 Å². The minimum absolute atomic E-state index is 0.0329. The van der Waals surface area contributed by atoms with Gasteiger partial charge in [0, 0.05) is 23.2 Å². The molecule has 8 atom stereocenters. The number of ether oxygens (including phenoxy) is 5. The Bertz CT molecular complexity index is 1820. The maximum Gasteiger partial charge on any atom is 0.310 e. The van der Waals surface area contributed by atoms with Gasteiger partial charge in [-0.05, 0) is 71.7 Å². The predicted octanol–water partition coefficient (Wildman–Crippen LogP) is 5.98. The van der Waals surface area contributed by atoms with Gasteiger partial charge < -0.3 is 28.8 Å². The van der Waals surface area contributed by atoms with Crippen molar-refractivity contribution in [2.75, 3.05) is 13.7 Å². The van der Waals surface area contributed by atoms with Gasteiger partial charge in [-0.25, -0.2) is 0 Å². The molecule has 2 heterocycles. The van der Waals surface area contributed by atoms with Crippen molar-refractivity contribution >= 4 is 17.4 Å². The van der Waals surface area contributed by atoms with E-state index in [1.165, 1.54) is 7.11 Å². The maximum absolute atomic E-state index is 13.8. The van der Waals surface area contributed by atoms with Gasteiger partial charge >= 0.3 is 5.97 Å². The number of benzene rings is 2. The highest BCUT2D eigenvalue weighted by atomic mass is 16.9. The number of rotatable bonds is 9. The normalized spacial score (nSPS) is 35.8. The summed E-state index contributed by atoms with van der Waals surface area (Å²) in [6, 6.07) is 14.7. The first kappa shape index (κ1) is 32.3. The van der Waals surface area contributed by atoms with Crippen LogP contribution in [0, 0.1) is 17.8 Å². The monoisotopic (exact) mass is 653 g/mol. The van der Waals surface area contributed by atoms with Crippen molar-refractivity contribution in [2.45, 2.75) is 75.3 Å². The molecule has 0 aromatic heterocycles. The molecule has 5 aliphatic rings. The zero-order valence-electron chi connectivity index (χ0n) is 27.5. The average Bonchev–Trinajstić information content (AvgIpc) is 3.36. The van der Waals surface area contributed by atoms with E-state index in [9.17, 15) is 14.7 Å². The molecule has 2 aromatic carbocycles. The Balaban J connectivity index is 1.25. The summed E-state index contributed by atoms with van der Waals surface area (Å²) in [5, 5.41) is 16.1. The van der Waals surface area contributed by atoms with Crippen LogP contribution in [0.5, 0.6) is 5.75 Å². The molecule has 0 spiro atoms. The van der Waals surface area contributed by atoms with Gasteiger partial charge in [0.05, 0.1) is 31.2 Å². The topological polar surface area (TPSA) is 149 Å². The van der Waals surface area contributed by atoms with Crippen LogP contribution < -0.4 is 4.74 Å². The van der Waals surface area contributed by atoms with Crippen LogP contribution in [0.15, 0.2) is 89.1 Å². The van der Waals surface area contributed by atoms with Crippen LogP contribution in [-0.4, -0.2) is 59.5 Å². The number of esters is 1. The summed E-state index contributed by atoms with van der Waals surface area (Å²) in [5.41, 5.74) is 8.80. The molecule has 2 saturated heterocycles. The number of Topliss-reactive ketones (excluding diaryl/α,β-unsaturated/α-hetero) is 1. The molecule has 250 valence electrons. The van der Waals surface area contributed by atoms with Crippen molar-refractivity contribution in [3.05, 3.63) is 106 Å². The van der Waals surface area contributed by atoms with E-state index in [4.69, 9.17) is 29.2 Å². The second kappa shape index (κ2) is 11.4. The molecular weight excluding hydrogens is 614 g/mol. The molecule has 3 fully saturated rings. The van der Waals surface area contributed by atoms with Crippen molar-refractivity contribution in [3.8, 4) is 5.75 Å². The molecule has 2 aliphatic heterocycles. The molecule has 48 heavy (non-hydrogen) atoms. The number of methoxy groups -OCH3 is 1. The summed E-state index contributed by atoms with van der Waals surface area (Å²) in [6.07, 6.45) is 4.02. The van der Waals surface area contributed by atoms with Gasteiger partial charge in [0.1, 0.15) is 29.7 Å². The fraction of sp³-hybridized carbons (Fsp3) is 0.459. The third-order valence-electron chi connectivity index (χ3n) is 10.9. The number of nitrogens with zero attached hydrogens (tertiary/aromatic N) is 3. The highest BCUT2D eigenvalue weighted by molar-refractivity contribution is 6.04. The Kier molecular flexibility index (Phi) is 7.69. The largest absolute Gasteiger partial charge is 0.496 e. The third-order valence-corrected chi connectivity index (χ3v) is 10.9. The van der Waals surface area contributed by atoms with Gasteiger partial charge in [0.15, 0.2) is 5.78 Å². The molecule has 11 nitrogen and oxygen atoms in total. The SMILES string of the molecule is C=C(C)[C@]12C[C@@H](C)[C@@]34O[C@](Cc5ccccc5)(O[C@@H]1[C@@H]3C=C(COC(=O)Cc1ccc(OC)c(N=[N+]=[N-])c1)C[C@]1(O)C(=O)C(C)=C[C@@H]41)O2. The quantitative estimate of drug-likeness (QED) is 0.114. The number of hydrogen-bond acceptors (Lipinski definition) is 9. The van der Waals surface area contributed by atoms with Gasteiger partial charge in [-0.15, -0.1) is 0 Å². The summed E-state index contributed by atoms with van der Waals surface area (Å²) >= 11 is 0. The zero-order valence-corrected chi connectivity index (χ0v) is 27.5. The Morgan fingerprint density at radius 3 is 2.65 bits per heavy atom. The van der Waals surface area contributed by atoms with Gasteiger partial charge in [-0.3, -0.25) is 9.59 Å². The molecule has 0 amide bonds. The smallest absolute Gasteiger partial charge is 0.310 e. The second-order valence-electron chi connectivity index (χ2n) is 13.9. The number of carbonyl (C=O) groups excluding carboxylic acids is 2. The molecule has 0 unspecified atom stereocenters. The third kappa shape index (κ3) is 4.75. The van der Waals surface area contributed by atoms with Crippen LogP contribution in [-0.2, 0) is 41.4 Å². The van der Waals surface area contributed by atoms with Gasteiger partial charge in [0.2, 0.25) is 0 Å². The number of hydrogen-bond donors (Lipinski definition) is 1. The van der Waals surface area contributed by atoms with Crippen LogP contribution >= 0.6 is 0 Å². The van der Waals surface area contributed by atoms with Crippen LogP contribution in [0.25, 0.3) is 10.4 Å². The molecule has 3 aliphatic carbocycles. The fourth-order valence-corrected chi connectivity index (χ4v) is 8.85. The van der Waals surface area contributed by atoms with E-state index in [0.717, 1.165) is 11.1 Å². The Labute approximate surface area is 278 Å². The lowest BCUT2D eigenvalue weighted by Crippen LogP contribution is -2.70. The zero-order chi connectivity index (χ0) is 34.1. The van der Waals surface area contributed by atoms with E-state index in [1.807, 2.05) is 49.4 Å². The molecule has 11 heteroatoms. The van der Waals surface area contributed by atoms with Crippen LogP contribution in [0.4, 0.5) is 5.69 Å². The number of azide groups is 1. The van der Waals surface area contributed by atoms with E-state index >= 15 is 0 Å². The summed E-state index contributed by atoms with van der Waals surface area (Å²) < 4.78 is 31.9. The lowest BCUT2D eigenvalue weighted by atomic mass is 9.55. The molecule has 2 aromatic rings. The standard InChI is InChI=1S/C37H39N3O8/c1-21(2)35-17-23(4)37-27(33(35)46-36(47-35,48-37)19-24-9-7-6-8-10-24)14-26(18-34(43)30(37)13-22(3)32(34)42)20-45-31(41)16-25-11-12-29(44-5)28(15-25)39-40-38/h6-15,23,27,30,33,43H,1,16-20H2,2-5H3/t23-,27+,30-,33-,34-,35-,36-,37-/m1/s1. The van der Waals surface area contributed by atoms with Crippen molar-refractivity contribution in [3.63, 3.8) is 0 Å². The van der Waals surface area contributed by atoms with Crippen molar-refractivity contribution in [2.24, 2.45) is 22.9 Å². The number of carbonyl (C=O) groups is 2. The summed E-state index contributed by atoms with van der Waals surface area (Å²) in [5.74, 6) is -3.32. The molecular formula is C37H39N3O8. The first-order chi connectivity index (χ1) is 22.9. The fourth-order valence-electron chi connectivity index (χ4n) is 8.85. The molecule has 0 radical (unpaired) electrons. The Hall–Kier alpha value is -4.25. The van der Waals surface area contributed by atoms with Gasteiger partial charge in [-0.1, -0.05) is 67.2 Å². The predicted molar refractivity (Wildman–Crippen MR) is 174 cm³/mol. The van der Waals surface area contributed by atoms with E-state index in [2.05, 4.69) is 23.5 Å². The average molecular weight is 654 g/mol. The molecule has 1 N–H and O–H groups in total. The number of ketones is 1. The van der Waals surface area contributed by atoms with E-state index in [0.29, 0.717) is 35.3 Å². The minimum Gasteiger partial charge on any atom is -0.496 e. The second-order valence-corrected chi connectivity index (χ2v) is 13.9. The van der Waals surface area contributed by atoms with E-state index < -0.39 is 46.7 Å². The van der Waals surface area contributed by atoms with Crippen LogP contribution in [0.1, 0.15) is 44.7 Å². The van der Waals surface area contributed by atoms with E-state index in [1.54, 1.807) is 25.1 Å². The molecule has 3 bridgehead atoms. The summed E-state index contributed by atoms with van der Waals surface area (Å²) in [7, 11) is 1.46. The summed E-state index contributed by atoms with van der Waals surface area (Å²) in [4.78, 5) is 29.8. The van der Waals surface area contributed by atoms with Gasteiger partial charge in [-0.2, -0.15) is 0 Å². The number of aliphatic hydroxyl groups is 1.